The number of rotatable bonds is 4. The molecule has 9 nitrogen and oxygen atoms in total. The minimum Gasteiger partial charge on any atom is -0.465 e. The Bertz CT molecular complexity index is 756. The number of cyclic esters (lactones) is 1. The molecule has 2 aliphatic heterocycles. The van der Waals surface area contributed by atoms with Crippen molar-refractivity contribution in [2.75, 3.05) is 49.1 Å². The largest absolute Gasteiger partial charge is 0.465 e. The maximum atomic E-state index is 14.6. The van der Waals surface area contributed by atoms with E-state index < -0.39 is 24.1 Å². The smallest absolute Gasteiger partial charge is 0.414 e. The minimum atomic E-state index is -0.975. The Labute approximate surface area is 160 Å². The quantitative estimate of drug-likeness (QED) is 0.640. The van der Waals surface area contributed by atoms with Crippen molar-refractivity contribution in [3.05, 3.63) is 24.0 Å². The Hall–Kier alpha value is -2.82. The number of benzene rings is 1. The predicted octanol–water partition coefficient (Wildman–Crippen LogP) is 0.784. The Morgan fingerprint density at radius 2 is 2.07 bits per heavy atom. The number of carbonyl (C=O) groups excluding carboxylic acids is 1. The summed E-state index contributed by atoms with van der Waals surface area (Å²) in [5.74, 6) is -0.478. The fourth-order valence-corrected chi connectivity index (χ4v) is 3.20. The highest BCUT2D eigenvalue weighted by molar-refractivity contribution is 7.80. The number of nitrogens with one attached hydrogen (secondary N) is 1. The van der Waals surface area contributed by atoms with Crippen LogP contribution in [-0.2, 0) is 4.74 Å². The van der Waals surface area contributed by atoms with Crippen molar-refractivity contribution in [2.24, 2.45) is 5.73 Å². The molecule has 1 atom stereocenters. The molecular weight excluding hydrogens is 377 g/mol. The zero-order chi connectivity index (χ0) is 19.6. The van der Waals surface area contributed by atoms with Gasteiger partial charge in [-0.1, -0.05) is 0 Å². The number of carbonyl (C=O) groups is 2. The van der Waals surface area contributed by atoms with Crippen molar-refractivity contribution in [2.45, 2.75) is 6.10 Å². The number of piperazine rings is 1. The lowest BCUT2D eigenvalue weighted by molar-refractivity contribution is 0.141. The van der Waals surface area contributed by atoms with Crippen LogP contribution < -0.4 is 20.9 Å². The van der Waals surface area contributed by atoms with Gasteiger partial charge < -0.3 is 30.7 Å². The Balaban J connectivity index is 1.66. The lowest BCUT2D eigenvalue weighted by atomic mass is 10.2. The van der Waals surface area contributed by atoms with E-state index >= 15 is 0 Å². The van der Waals surface area contributed by atoms with Crippen LogP contribution in [-0.4, -0.2) is 72.7 Å². The number of anilines is 2. The van der Waals surface area contributed by atoms with Crippen molar-refractivity contribution < 1.29 is 23.8 Å². The first-order chi connectivity index (χ1) is 12.8. The molecule has 0 radical (unpaired) electrons. The number of thiocarbonyl (C=S) groups is 1. The van der Waals surface area contributed by atoms with Crippen molar-refractivity contribution in [3.8, 4) is 0 Å². The van der Waals surface area contributed by atoms with Gasteiger partial charge in [0, 0.05) is 26.2 Å². The maximum Gasteiger partial charge on any atom is 0.414 e. The van der Waals surface area contributed by atoms with Gasteiger partial charge in [0.15, 0.2) is 5.11 Å². The first-order valence-corrected chi connectivity index (χ1v) is 8.80. The number of nitrogens with zero attached hydrogens (tertiary/aromatic N) is 3. The summed E-state index contributed by atoms with van der Waals surface area (Å²) in [5, 5.41) is 11.8. The van der Waals surface area contributed by atoms with E-state index in [1.54, 1.807) is 17.0 Å². The molecule has 0 spiro atoms. The summed E-state index contributed by atoms with van der Waals surface area (Å²) in [6, 6.07) is 4.52. The average Bonchev–Trinajstić information content (AvgIpc) is 3.01. The first kappa shape index (κ1) is 19.0. The number of amides is 2. The van der Waals surface area contributed by atoms with E-state index in [4.69, 9.17) is 27.8 Å². The highest BCUT2D eigenvalue weighted by Crippen LogP contribution is 2.28. The van der Waals surface area contributed by atoms with Gasteiger partial charge in [0.05, 0.1) is 24.5 Å². The molecule has 27 heavy (non-hydrogen) atoms. The molecule has 4 N–H and O–H groups in total. The van der Waals surface area contributed by atoms with Crippen LogP contribution >= 0.6 is 12.2 Å². The lowest BCUT2D eigenvalue weighted by Crippen LogP contribution is -2.48. The number of nitrogens with two attached hydrogens (primary N) is 1. The van der Waals surface area contributed by atoms with E-state index in [0.717, 1.165) is 0 Å². The Morgan fingerprint density at radius 1 is 1.37 bits per heavy atom. The Kier molecular flexibility index (Phi) is 5.49. The summed E-state index contributed by atoms with van der Waals surface area (Å²) in [4.78, 5) is 27.4. The van der Waals surface area contributed by atoms with Gasteiger partial charge in [-0.25, -0.2) is 14.0 Å². The highest BCUT2D eigenvalue weighted by atomic mass is 32.1. The van der Waals surface area contributed by atoms with Crippen LogP contribution in [0.1, 0.15) is 0 Å². The van der Waals surface area contributed by atoms with E-state index in [1.807, 2.05) is 0 Å². The molecule has 2 fully saturated rings. The van der Waals surface area contributed by atoms with Gasteiger partial charge in [0.1, 0.15) is 11.9 Å². The monoisotopic (exact) mass is 397 g/mol. The SMILES string of the molecule is NC(=S)NCC1CN(c2ccc(N3CCN(C(=O)O)CC3)c(F)c2)C(=O)O1. The molecule has 0 aromatic heterocycles. The summed E-state index contributed by atoms with van der Waals surface area (Å²) >= 11 is 4.72. The van der Waals surface area contributed by atoms with Crippen LogP contribution in [0.4, 0.5) is 25.4 Å². The van der Waals surface area contributed by atoms with Crippen molar-refractivity contribution in [3.63, 3.8) is 0 Å². The molecule has 0 aliphatic carbocycles. The Morgan fingerprint density at radius 3 is 2.67 bits per heavy atom. The number of hydrogen-bond donors (Lipinski definition) is 3. The average molecular weight is 397 g/mol. The van der Waals surface area contributed by atoms with Crippen LogP contribution in [0.15, 0.2) is 18.2 Å². The van der Waals surface area contributed by atoms with E-state index in [-0.39, 0.29) is 18.2 Å². The molecule has 2 amide bonds. The number of ether oxygens (including phenoxy) is 1. The van der Waals surface area contributed by atoms with Crippen LogP contribution in [0.2, 0.25) is 0 Å². The third kappa shape index (κ3) is 4.30. The number of hydrogen-bond acceptors (Lipinski definition) is 5. The first-order valence-electron chi connectivity index (χ1n) is 8.39. The molecule has 0 saturated carbocycles. The third-order valence-corrected chi connectivity index (χ3v) is 4.66. The van der Waals surface area contributed by atoms with Crippen LogP contribution in [0.5, 0.6) is 0 Å². The summed E-state index contributed by atoms with van der Waals surface area (Å²) in [6.07, 6.45) is -1.98. The van der Waals surface area contributed by atoms with Gasteiger partial charge in [-0.2, -0.15) is 0 Å². The lowest BCUT2D eigenvalue weighted by Gasteiger charge is -2.34. The molecule has 2 saturated heterocycles. The van der Waals surface area contributed by atoms with Crippen molar-refractivity contribution in [1.29, 1.82) is 0 Å². The molecule has 146 valence electrons. The fourth-order valence-electron chi connectivity index (χ4n) is 3.11. The molecule has 11 heteroatoms. The normalized spacial score (nSPS) is 19.8. The summed E-state index contributed by atoms with van der Waals surface area (Å²) in [5.41, 5.74) is 6.13. The van der Waals surface area contributed by atoms with Gasteiger partial charge >= 0.3 is 12.2 Å². The zero-order valence-electron chi connectivity index (χ0n) is 14.4. The molecule has 0 bridgehead atoms. The highest BCUT2D eigenvalue weighted by Gasteiger charge is 2.33. The van der Waals surface area contributed by atoms with Gasteiger partial charge in [0.2, 0.25) is 0 Å². The van der Waals surface area contributed by atoms with Crippen LogP contribution in [0.25, 0.3) is 0 Å². The number of halogens is 1. The molecule has 2 aliphatic rings. The van der Waals surface area contributed by atoms with E-state index in [0.29, 0.717) is 37.6 Å². The zero-order valence-corrected chi connectivity index (χ0v) is 15.2. The van der Waals surface area contributed by atoms with Gasteiger partial charge in [-0.3, -0.25) is 4.90 Å². The summed E-state index contributed by atoms with van der Waals surface area (Å²) in [6.45, 7) is 1.97. The van der Waals surface area contributed by atoms with Crippen LogP contribution in [0.3, 0.4) is 0 Å². The van der Waals surface area contributed by atoms with Gasteiger partial charge in [-0.15, -0.1) is 0 Å². The second kappa shape index (κ2) is 7.82. The topological polar surface area (TPSA) is 111 Å². The van der Waals surface area contributed by atoms with Gasteiger partial charge in [0.25, 0.3) is 0 Å². The second-order valence-electron chi connectivity index (χ2n) is 6.25. The van der Waals surface area contributed by atoms with Crippen LogP contribution in [0, 0.1) is 5.82 Å². The second-order valence-corrected chi connectivity index (χ2v) is 6.69. The molecule has 1 aromatic rings. The molecule has 3 rings (SSSR count). The van der Waals surface area contributed by atoms with E-state index in [1.165, 1.54) is 15.9 Å². The van der Waals surface area contributed by atoms with E-state index in [2.05, 4.69) is 5.32 Å². The van der Waals surface area contributed by atoms with Gasteiger partial charge in [-0.05, 0) is 30.4 Å². The van der Waals surface area contributed by atoms with Crippen molar-refractivity contribution >= 4 is 40.9 Å². The third-order valence-electron chi connectivity index (χ3n) is 4.51. The summed E-state index contributed by atoms with van der Waals surface area (Å²) < 4.78 is 19.8. The number of carboxylic acid groups (broad SMARTS) is 1. The minimum absolute atomic E-state index is 0.114. The molecule has 1 unspecified atom stereocenters. The predicted molar refractivity (Wildman–Crippen MR) is 101 cm³/mol. The summed E-state index contributed by atoms with van der Waals surface area (Å²) in [7, 11) is 0. The standard InChI is InChI=1S/C16H20FN5O4S/c17-12-7-10(22-9-11(26-16(22)25)8-19-14(18)27)1-2-13(12)20-3-5-21(6-4-20)15(23)24/h1-2,7,11H,3-6,8-9H2,(H,23,24)(H3,18,19,27). The molecular formula is C16H20FN5O4S. The fraction of sp³-hybridized carbons (Fsp3) is 0.438. The maximum absolute atomic E-state index is 14.6. The molecule has 1 aromatic carbocycles. The van der Waals surface area contributed by atoms with Crippen molar-refractivity contribution in [1.82, 2.24) is 10.2 Å². The van der Waals surface area contributed by atoms with E-state index in [9.17, 15) is 14.0 Å². The molecule has 2 heterocycles.